The van der Waals surface area contributed by atoms with E-state index in [0.717, 1.165) is 43.0 Å². The third-order valence-corrected chi connectivity index (χ3v) is 5.39. The van der Waals surface area contributed by atoms with Gasteiger partial charge in [0, 0.05) is 43.6 Å². The van der Waals surface area contributed by atoms with Gasteiger partial charge in [0.25, 0.3) is 0 Å². The van der Waals surface area contributed by atoms with Gasteiger partial charge in [0.05, 0.1) is 0 Å². The molecule has 0 bridgehead atoms. The summed E-state index contributed by atoms with van der Waals surface area (Å²) >= 11 is 1.94. The van der Waals surface area contributed by atoms with Gasteiger partial charge in [0.1, 0.15) is 6.04 Å². The van der Waals surface area contributed by atoms with Gasteiger partial charge in [-0.2, -0.15) is 11.8 Å². The van der Waals surface area contributed by atoms with E-state index in [2.05, 4.69) is 15.5 Å². The minimum Gasteiger partial charge on any atom is -0.354 e. The van der Waals surface area contributed by atoms with Gasteiger partial charge < -0.3 is 10.6 Å². The number of benzene rings is 1. The number of rotatable bonds is 7. The second-order valence-corrected chi connectivity index (χ2v) is 7.54. The standard InChI is InChI=1S/C18H25N3O2S/c22-17(15-6-7-15)19-8-9-20-18(23)16(14-4-2-1-3-5-14)21-10-12-24-13-11-21/h1-5,15-16H,6-13H2,(H,19,22)(H,20,23)/t16-/m1/s1. The number of hydrogen-bond acceptors (Lipinski definition) is 4. The Labute approximate surface area is 147 Å². The summed E-state index contributed by atoms with van der Waals surface area (Å²) in [6.07, 6.45) is 2.00. The molecule has 1 aromatic rings. The van der Waals surface area contributed by atoms with Crippen LogP contribution in [0.15, 0.2) is 30.3 Å². The highest BCUT2D eigenvalue weighted by Gasteiger charge is 2.30. The molecule has 5 nitrogen and oxygen atoms in total. The molecule has 2 N–H and O–H groups in total. The van der Waals surface area contributed by atoms with Gasteiger partial charge in [-0.1, -0.05) is 30.3 Å². The Bertz CT molecular complexity index is 557. The van der Waals surface area contributed by atoms with Crippen LogP contribution >= 0.6 is 11.8 Å². The van der Waals surface area contributed by atoms with E-state index >= 15 is 0 Å². The number of thioether (sulfide) groups is 1. The molecule has 1 aliphatic heterocycles. The zero-order chi connectivity index (χ0) is 16.8. The Morgan fingerprint density at radius 2 is 1.75 bits per heavy atom. The SMILES string of the molecule is O=C(NCCNC(=O)[C@@H](c1ccccc1)N1CCSCC1)C1CC1. The van der Waals surface area contributed by atoms with E-state index in [1.165, 1.54) is 0 Å². The Kier molecular flexibility index (Phi) is 6.15. The molecule has 0 radical (unpaired) electrons. The van der Waals surface area contributed by atoms with Gasteiger partial charge in [-0.3, -0.25) is 14.5 Å². The topological polar surface area (TPSA) is 61.4 Å². The Morgan fingerprint density at radius 3 is 2.42 bits per heavy atom. The van der Waals surface area contributed by atoms with Crippen LogP contribution in [-0.2, 0) is 9.59 Å². The van der Waals surface area contributed by atoms with E-state index in [1.807, 2.05) is 42.1 Å². The van der Waals surface area contributed by atoms with E-state index in [9.17, 15) is 9.59 Å². The van der Waals surface area contributed by atoms with Gasteiger partial charge in [0.2, 0.25) is 11.8 Å². The maximum Gasteiger partial charge on any atom is 0.242 e. The lowest BCUT2D eigenvalue weighted by Crippen LogP contribution is -2.45. The molecule has 1 saturated heterocycles. The first-order chi connectivity index (χ1) is 11.8. The fourth-order valence-electron chi connectivity index (χ4n) is 2.96. The van der Waals surface area contributed by atoms with Gasteiger partial charge in [-0.25, -0.2) is 0 Å². The molecule has 130 valence electrons. The van der Waals surface area contributed by atoms with Crippen LogP contribution in [0.4, 0.5) is 0 Å². The van der Waals surface area contributed by atoms with Gasteiger partial charge in [-0.05, 0) is 18.4 Å². The van der Waals surface area contributed by atoms with Gasteiger partial charge in [0.15, 0.2) is 0 Å². The molecule has 1 saturated carbocycles. The van der Waals surface area contributed by atoms with E-state index in [0.29, 0.717) is 13.1 Å². The van der Waals surface area contributed by atoms with Crippen LogP contribution in [0.5, 0.6) is 0 Å². The highest BCUT2D eigenvalue weighted by Crippen LogP contribution is 2.28. The largest absolute Gasteiger partial charge is 0.354 e. The quantitative estimate of drug-likeness (QED) is 0.733. The summed E-state index contributed by atoms with van der Waals surface area (Å²) in [6, 6.07) is 9.71. The van der Waals surface area contributed by atoms with Crippen molar-refractivity contribution in [2.75, 3.05) is 37.7 Å². The van der Waals surface area contributed by atoms with Crippen LogP contribution in [0.2, 0.25) is 0 Å². The summed E-state index contributed by atoms with van der Waals surface area (Å²) in [5.74, 6) is 2.48. The van der Waals surface area contributed by atoms with Crippen molar-refractivity contribution < 1.29 is 9.59 Å². The average molecular weight is 347 g/mol. The average Bonchev–Trinajstić information content (AvgIpc) is 3.46. The van der Waals surface area contributed by atoms with Crippen molar-refractivity contribution in [3.63, 3.8) is 0 Å². The molecule has 0 spiro atoms. The molecule has 1 atom stereocenters. The normalized spacial score (nSPS) is 19.5. The van der Waals surface area contributed by atoms with Crippen LogP contribution < -0.4 is 10.6 Å². The molecule has 24 heavy (non-hydrogen) atoms. The number of carbonyl (C=O) groups is 2. The molecule has 1 heterocycles. The maximum atomic E-state index is 12.8. The Hall–Kier alpha value is -1.53. The second-order valence-electron chi connectivity index (χ2n) is 6.32. The molecule has 2 aliphatic rings. The number of nitrogens with zero attached hydrogens (tertiary/aromatic N) is 1. The first-order valence-corrected chi connectivity index (χ1v) is 9.83. The van der Waals surface area contributed by atoms with Crippen molar-refractivity contribution >= 4 is 23.6 Å². The monoisotopic (exact) mass is 347 g/mol. The predicted molar refractivity (Wildman–Crippen MR) is 96.8 cm³/mol. The number of carbonyl (C=O) groups excluding carboxylic acids is 2. The van der Waals surface area contributed by atoms with Crippen LogP contribution in [0.25, 0.3) is 0 Å². The van der Waals surface area contributed by atoms with Crippen molar-refractivity contribution in [1.82, 2.24) is 15.5 Å². The fraction of sp³-hybridized carbons (Fsp3) is 0.556. The van der Waals surface area contributed by atoms with Crippen molar-refractivity contribution in [3.8, 4) is 0 Å². The highest BCUT2D eigenvalue weighted by molar-refractivity contribution is 7.99. The smallest absolute Gasteiger partial charge is 0.242 e. The summed E-state index contributed by atoms with van der Waals surface area (Å²) in [4.78, 5) is 26.6. The van der Waals surface area contributed by atoms with E-state index < -0.39 is 0 Å². The zero-order valence-corrected chi connectivity index (χ0v) is 14.7. The van der Waals surface area contributed by atoms with Crippen molar-refractivity contribution in [2.24, 2.45) is 5.92 Å². The molecule has 2 amide bonds. The van der Waals surface area contributed by atoms with E-state index in [1.54, 1.807) is 0 Å². The molecule has 6 heteroatoms. The highest BCUT2D eigenvalue weighted by atomic mass is 32.2. The number of nitrogens with one attached hydrogen (secondary N) is 2. The fourth-order valence-corrected chi connectivity index (χ4v) is 3.89. The number of hydrogen-bond donors (Lipinski definition) is 2. The molecule has 1 aromatic carbocycles. The minimum atomic E-state index is -0.244. The third-order valence-electron chi connectivity index (χ3n) is 4.45. The summed E-state index contributed by atoms with van der Waals surface area (Å²) in [6.45, 7) is 2.83. The van der Waals surface area contributed by atoms with Crippen LogP contribution in [0.3, 0.4) is 0 Å². The van der Waals surface area contributed by atoms with E-state index in [-0.39, 0.29) is 23.8 Å². The summed E-state index contributed by atoms with van der Waals surface area (Å²) in [5, 5.41) is 5.88. The molecular formula is C18H25N3O2S. The summed E-state index contributed by atoms with van der Waals surface area (Å²) < 4.78 is 0. The van der Waals surface area contributed by atoms with Crippen LogP contribution in [0.1, 0.15) is 24.4 Å². The zero-order valence-electron chi connectivity index (χ0n) is 13.9. The summed E-state index contributed by atoms with van der Waals surface area (Å²) in [5.41, 5.74) is 1.03. The third kappa shape index (κ3) is 4.74. The first kappa shape index (κ1) is 17.3. The first-order valence-electron chi connectivity index (χ1n) is 8.68. The number of amides is 2. The Balaban J connectivity index is 1.55. The van der Waals surface area contributed by atoms with Crippen molar-refractivity contribution in [1.29, 1.82) is 0 Å². The molecular weight excluding hydrogens is 322 g/mol. The van der Waals surface area contributed by atoms with Crippen LogP contribution in [-0.4, -0.2) is 54.4 Å². The lowest BCUT2D eigenvalue weighted by Gasteiger charge is -2.33. The van der Waals surface area contributed by atoms with Crippen molar-refractivity contribution in [3.05, 3.63) is 35.9 Å². The molecule has 3 rings (SSSR count). The minimum absolute atomic E-state index is 0.0220. The lowest BCUT2D eigenvalue weighted by atomic mass is 10.0. The summed E-state index contributed by atoms with van der Waals surface area (Å²) in [7, 11) is 0. The van der Waals surface area contributed by atoms with E-state index in [4.69, 9.17) is 0 Å². The van der Waals surface area contributed by atoms with Gasteiger partial charge >= 0.3 is 0 Å². The van der Waals surface area contributed by atoms with Gasteiger partial charge in [-0.15, -0.1) is 0 Å². The molecule has 0 aromatic heterocycles. The molecule has 2 fully saturated rings. The maximum absolute atomic E-state index is 12.8. The van der Waals surface area contributed by atoms with Crippen molar-refractivity contribution in [2.45, 2.75) is 18.9 Å². The Morgan fingerprint density at radius 1 is 1.08 bits per heavy atom. The molecule has 1 aliphatic carbocycles. The predicted octanol–water partition coefficient (Wildman–Crippen LogP) is 1.42. The molecule has 0 unspecified atom stereocenters. The second kappa shape index (κ2) is 8.53. The lowest BCUT2D eigenvalue weighted by molar-refractivity contribution is -0.127. The van der Waals surface area contributed by atoms with Crippen LogP contribution in [0, 0.1) is 5.92 Å².